The van der Waals surface area contributed by atoms with Crippen LogP contribution in [0.1, 0.15) is 24.8 Å². The molecule has 1 fully saturated rings. The Morgan fingerprint density at radius 2 is 2.04 bits per heavy atom. The highest BCUT2D eigenvalue weighted by atomic mass is 16.5. The molecule has 1 heterocycles. The average Bonchev–Trinajstić information content (AvgIpc) is 2.56. The van der Waals surface area contributed by atoms with Gasteiger partial charge in [-0.2, -0.15) is 0 Å². The number of amides is 1. The first kappa shape index (κ1) is 17.8. The Labute approximate surface area is 139 Å². The van der Waals surface area contributed by atoms with Crippen LogP contribution >= 0.6 is 0 Å². The Hall–Kier alpha value is -1.59. The van der Waals surface area contributed by atoms with Gasteiger partial charge in [0.25, 0.3) is 0 Å². The molecule has 5 heteroatoms. The highest BCUT2D eigenvalue weighted by Gasteiger charge is 2.32. The minimum absolute atomic E-state index is 0.0824. The molecule has 0 radical (unpaired) electrons. The number of hydrogen-bond donors (Lipinski definition) is 3. The van der Waals surface area contributed by atoms with Crippen molar-refractivity contribution in [1.29, 1.82) is 0 Å². The van der Waals surface area contributed by atoms with E-state index in [0.29, 0.717) is 26.1 Å². The minimum atomic E-state index is 0.0824. The summed E-state index contributed by atoms with van der Waals surface area (Å²) in [5.74, 6) is 0.0973. The fourth-order valence-corrected chi connectivity index (χ4v) is 3.09. The number of carbonyl (C=O) groups is 1. The molecule has 23 heavy (non-hydrogen) atoms. The quantitative estimate of drug-likeness (QED) is 0.685. The Morgan fingerprint density at radius 3 is 2.74 bits per heavy atom. The van der Waals surface area contributed by atoms with E-state index in [4.69, 9.17) is 4.74 Å². The van der Waals surface area contributed by atoms with Crippen LogP contribution in [0.5, 0.6) is 0 Å². The first-order chi connectivity index (χ1) is 11.2. The number of anilines is 1. The second-order valence-electron chi connectivity index (χ2n) is 6.45. The zero-order valence-electron chi connectivity index (χ0n) is 14.3. The molecule has 1 saturated heterocycles. The molecule has 0 aliphatic carbocycles. The lowest BCUT2D eigenvalue weighted by atomic mass is 9.79. The van der Waals surface area contributed by atoms with Gasteiger partial charge in [-0.1, -0.05) is 18.2 Å². The van der Waals surface area contributed by atoms with Gasteiger partial charge in [0, 0.05) is 37.7 Å². The van der Waals surface area contributed by atoms with Gasteiger partial charge in [-0.25, -0.2) is 0 Å². The molecule has 2 rings (SSSR count). The SMILES string of the molecule is COCC1(CNC(=O)CCNc2ccccc2C)CCNCC1. The summed E-state index contributed by atoms with van der Waals surface area (Å²) in [6.45, 7) is 6.10. The number of benzene rings is 1. The van der Waals surface area contributed by atoms with Crippen molar-refractivity contribution in [3.63, 3.8) is 0 Å². The summed E-state index contributed by atoms with van der Waals surface area (Å²) in [5, 5.41) is 9.78. The van der Waals surface area contributed by atoms with Crippen molar-refractivity contribution in [2.45, 2.75) is 26.2 Å². The van der Waals surface area contributed by atoms with E-state index in [1.165, 1.54) is 5.56 Å². The van der Waals surface area contributed by atoms with Gasteiger partial charge in [0.1, 0.15) is 0 Å². The largest absolute Gasteiger partial charge is 0.384 e. The summed E-state index contributed by atoms with van der Waals surface area (Å²) in [6, 6.07) is 8.12. The maximum Gasteiger partial charge on any atom is 0.221 e. The van der Waals surface area contributed by atoms with Crippen molar-refractivity contribution >= 4 is 11.6 Å². The third kappa shape index (κ3) is 5.52. The van der Waals surface area contributed by atoms with E-state index >= 15 is 0 Å². The minimum Gasteiger partial charge on any atom is -0.384 e. The predicted molar refractivity (Wildman–Crippen MR) is 93.7 cm³/mol. The molecule has 0 unspecified atom stereocenters. The molecule has 1 aliphatic heterocycles. The van der Waals surface area contributed by atoms with Crippen LogP contribution in [0.4, 0.5) is 5.69 Å². The third-order valence-corrected chi connectivity index (χ3v) is 4.59. The topological polar surface area (TPSA) is 62.4 Å². The molecule has 5 nitrogen and oxygen atoms in total. The fourth-order valence-electron chi connectivity index (χ4n) is 3.09. The van der Waals surface area contributed by atoms with Gasteiger partial charge in [0.05, 0.1) is 6.61 Å². The van der Waals surface area contributed by atoms with Crippen LogP contribution in [0.15, 0.2) is 24.3 Å². The highest BCUT2D eigenvalue weighted by Crippen LogP contribution is 2.28. The normalized spacial score (nSPS) is 16.8. The van der Waals surface area contributed by atoms with Gasteiger partial charge < -0.3 is 20.7 Å². The molecule has 0 aromatic heterocycles. The maximum absolute atomic E-state index is 12.1. The molecule has 1 aromatic rings. The molecule has 0 spiro atoms. The van der Waals surface area contributed by atoms with Crippen molar-refractivity contribution in [2.24, 2.45) is 5.41 Å². The van der Waals surface area contributed by atoms with E-state index in [1.54, 1.807) is 7.11 Å². The van der Waals surface area contributed by atoms with Crippen LogP contribution in [0, 0.1) is 12.3 Å². The van der Waals surface area contributed by atoms with Gasteiger partial charge in [-0.05, 0) is 44.5 Å². The number of carbonyl (C=O) groups excluding carboxylic acids is 1. The summed E-state index contributed by atoms with van der Waals surface area (Å²) in [6.07, 6.45) is 2.57. The molecule has 0 bridgehead atoms. The van der Waals surface area contributed by atoms with Gasteiger partial charge in [-0.15, -0.1) is 0 Å². The number of aryl methyl sites for hydroxylation is 1. The van der Waals surface area contributed by atoms with Gasteiger partial charge in [0.2, 0.25) is 5.91 Å². The number of para-hydroxylation sites is 1. The van der Waals surface area contributed by atoms with Crippen LogP contribution < -0.4 is 16.0 Å². The van der Waals surface area contributed by atoms with Crippen LogP contribution in [0.2, 0.25) is 0 Å². The van der Waals surface area contributed by atoms with Crippen molar-refractivity contribution in [1.82, 2.24) is 10.6 Å². The fraction of sp³-hybridized carbons (Fsp3) is 0.611. The standard InChI is InChI=1S/C18H29N3O2/c1-15-5-3-4-6-16(15)20-10-7-17(22)21-13-18(14-23-2)8-11-19-12-9-18/h3-6,19-20H,7-14H2,1-2H3,(H,21,22). The van der Waals surface area contributed by atoms with Crippen LogP contribution in [0.25, 0.3) is 0 Å². The molecule has 1 amide bonds. The Balaban J connectivity index is 1.72. The highest BCUT2D eigenvalue weighted by molar-refractivity contribution is 5.76. The van der Waals surface area contributed by atoms with Crippen molar-refractivity contribution < 1.29 is 9.53 Å². The molecule has 0 saturated carbocycles. The lowest BCUT2D eigenvalue weighted by molar-refractivity contribution is -0.121. The predicted octanol–water partition coefficient (Wildman–Crippen LogP) is 1.93. The first-order valence-electron chi connectivity index (χ1n) is 8.41. The van der Waals surface area contributed by atoms with E-state index in [0.717, 1.165) is 31.6 Å². The summed E-state index contributed by atoms with van der Waals surface area (Å²) >= 11 is 0. The number of piperidine rings is 1. The second kappa shape index (κ2) is 8.89. The monoisotopic (exact) mass is 319 g/mol. The van der Waals surface area contributed by atoms with Crippen LogP contribution in [-0.2, 0) is 9.53 Å². The lowest BCUT2D eigenvalue weighted by Gasteiger charge is -2.37. The number of rotatable bonds is 8. The summed E-state index contributed by atoms with van der Waals surface area (Å²) in [7, 11) is 1.73. The molecule has 128 valence electrons. The van der Waals surface area contributed by atoms with Crippen molar-refractivity contribution in [3.05, 3.63) is 29.8 Å². The molecule has 0 atom stereocenters. The molecule has 1 aromatic carbocycles. The molecule has 3 N–H and O–H groups in total. The van der Waals surface area contributed by atoms with E-state index in [1.807, 2.05) is 18.2 Å². The van der Waals surface area contributed by atoms with Crippen molar-refractivity contribution in [2.75, 3.05) is 45.2 Å². The number of nitrogens with one attached hydrogen (secondary N) is 3. The Morgan fingerprint density at radius 1 is 1.30 bits per heavy atom. The van der Waals surface area contributed by atoms with E-state index in [2.05, 4.69) is 28.9 Å². The van der Waals surface area contributed by atoms with Crippen LogP contribution in [-0.4, -0.2) is 45.8 Å². The summed E-state index contributed by atoms with van der Waals surface area (Å²) in [5.41, 5.74) is 2.37. The molecular weight excluding hydrogens is 290 g/mol. The van der Waals surface area contributed by atoms with Crippen molar-refractivity contribution in [3.8, 4) is 0 Å². The van der Waals surface area contributed by atoms with Gasteiger partial charge in [-0.3, -0.25) is 4.79 Å². The maximum atomic E-state index is 12.1. The summed E-state index contributed by atoms with van der Waals surface area (Å²) in [4.78, 5) is 12.1. The molecular formula is C18H29N3O2. The smallest absolute Gasteiger partial charge is 0.221 e. The average molecular weight is 319 g/mol. The number of hydrogen-bond acceptors (Lipinski definition) is 4. The van der Waals surface area contributed by atoms with E-state index < -0.39 is 0 Å². The molecule has 1 aliphatic rings. The second-order valence-corrected chi connectivity index (χ2v) is 6.45. The zero-order chi connectivity index (χ0) is 16.5. The van der Waals surface area contributed by atoms with Gasteiger partial charge in [0.15, 0.2) is 0 Å². The van der Waals surface area contributed by atoms with E-state index in [-0.39, 0.29) is 11.3 Å². The number of ether oxygens (including phenoxy) is 1. The van der Waals surface area contributed by atoms with E-state index in [9.17, 15) is 4.79 Å². The van der Waals surface area contributed by atoms with Gasteiger partial charge >= 0.3 is 0 Å². The lowest BCUT2D eigenvalue weighted by Crippen LogP contribution is -2.47. The Kier molecular flexibility index (Phi) is 6.86. The third-order valence-electron chi connectivity index (χ3n) is 4.59. The number of methoxy groups -OCH3 is 1. The Bertz CT molecular complexity index is 493. The first-order valence-corrected chi connectivity index (χ1v) is 8.41. The van der Waals surface area contributed by atoms with Crippen LogP contribution in [0.3, 0.4) is 0 Å². The zero-order valence-corrected chi connectivity index (χ0v) is 14.3. The summed E-state index contributed by atoms with van der Waals surface area (Å²) < 4.78 is 5.38.